The zero-order valence-corrected chi connectivity index (χ0v) is 22.6. The summed E-state index contributed by atoms with van der Waals surface area (Å²) in [6.07, 6.45) is 0.434. The number of halogens is 1. The number of ether oxygens (including phenoxy) is 3. The lowest BCUT2D eigenvalue weighted by atomic mass is 10.2. The molecule has 3 aromatic carbocycles. The predicted octanol–water partition coefficient (Wildman–Crippen LogP) is 4.26. The molecule has 0 aliphatic carbocycles. The minimum absolute atomic E-state index is 0.0543. The fraction of sp³-hybridized carbons (Fsp3) is 0.160. The predicted molar refractivity (Wildman–Crippen MR) is 142 cm³/mol. The van der Waals surface area contributed by atoms with E-state index >= 15 is 0 Å². The van der Waals surface area contributed by atoms with Gasteiger partial charge in [-0.1, -0.05) is 33.6 Å². The van der Waals surface area contributed by atoms with Crippen molar-refractivity contribution in [2.45, 2.75) is 11.8 Å². The number of hydrazone groups is 1. The number of aryl methyl sites for hydroxylation is 1. The van der Waals surface area contributed by atoms with Gasteiger partial charge in [0.15, 0.2) is 11.5 Å². The highest BCUT2D eigenvalue weighted by molar-refractivity contribution is 9.10. The summed E-state index contributed by atoms with van der Waals surface area (Å²) in [7, 11) is -1.47. The number of anilines is 1. The van der Waals surface area contributed by atoms with Crippen molar-refractivity contribution in [1.29, 1.82) is 0 Å². The van der Waals surface area contributed by atoms with Gasteiger partial charge < -0.3 is 14.2 Å². The quantitative estimate of drug-likeness (QED) is 0.171. The van der Waals surface area contributed by atoms with Gasteiger partial charge in [-0.05, 0) is 67.1 Å². The van der Waals surface area contributed by atoms with Crippen LogP contribution in [0.2, 0.25) is 0 Å². The number of nitrogens with zero attached hydrogens (tertiary/aromatic N) is 2. The van der Waals surface area contributed by atoms with Crippen LogP contribution < -0.4 is 19.2 Å². The summed E-state index contributed by atoms with van der Waals surface area (Å²) in [6, 6.07) is 17.5. The molecule has 0 aromatic heterocycles. The number of sulfonamides is 1. The van der Waals surface area contributed by atoms with Gasteiger partial charge in [-0.2, -0.15) is 5.10 Å². The first kappa shape index (κ1) is 27.7. The normalized spacial score (nSPS) is 11.1. The summed E-state index contributed by atoms with van der Waals surface area (Å²) >= 11 is 3.33. The third-order valence-corrected chi connectivity index (χ3v) is 7.28. The average molecular weight is 590 g/mol. The maximum atomic E-state index is 13.4. The number of hydrogen-bond acceptors (Lipinski definition) is 8. The highest BCUT2D eigenvalue weighted by atomic mass is 79.9. The van der Waals surface area contributed by atoms with Gasteiger partial charge in [0, 0.05) is 4.47 Å². The molecule has 0 saturated heterocycles. The monoisotopic (exact) mass is 589 g/mol. The van der Waals surface area contributed by atoms with Crippen LogP contribution in [-0.2, 0) is 19.6 Å². The number of hydrogen-bond donors (Lipinski definition) is 1. The molecule has 0 radical (unpaired) electrons. The van der Waals surface area contributed by atoms with Gasteiger partial charge in [0.1, 0.15) is 6.54 Å². The number of methoxy groups -OCH3 is 2. The Morgan fingerprint density at radius 1 is 1.00 bits per heavy atom. The molecule has 1 N–H and O–H groups in total. The van der Waals surface area contributed by atoms with Crippen LogP contribution >= 0.6 is 15.9 Å². The van der Waals surface area contributed by atoms with Gasteiger partial charge in [0.2, 0.25) is 0 Å². The van der Waals surface area contributed by atoms with Crippen LogP contribution in [0.25, 0.3) is 0 Å². The maximum absolute atomic E-state index is 13.4. The minimum atomic E-state index is -4.04. The lowest BCUT2D eigenvalue weighted by Gasteiger charge is -2.23. The number of rotatable bonds is 9. The Balaban J connectivity index is 1.78. The topological polar surface area (TPSA) is 124 Å². The van der Waals surface area contributed by atoms with Gasteiger partial charge in [-0.3, -0.25) is 9.10 Å². The first-order valence-electron chi connectivity index (χ1n) is 10.7. The molecule has 3 aromatic rings. The van der Waals surface area contributed by atoms with Crippen LogP contribution in [0.15, 0.2) is 81.2 Å². The van der Waals surface area contributed by atoms with Crippen molar-refractivity contribution in [2.24, 2.45) is 5.10 Å². The third kappa shape index (κ3) is 7.30. The minimum Gasteiger partial charge on any atom is -0.493 e. The molecule has 0 aliphatic heterocycles. The Hall–Kier alpha value is -3.90. The zero-order valence-electron chi connectivity index (χ0n) is 20.2. The molecule has 0 saturated carbocycles. The molecule has 3 rings (SSSR count). The molecular weight excluding hydrogens is 566 g/mol. The van der Waals surface area contributed by atoms with Crippen molar-refractivity contribution in [3.05, 3.63) is 82.3 Å². The largest absolute Gasteiger partial charge is 0.513 e. The standard InChI is InChI=1S/C25H24BrN3O7S/c1-17-4-11-21(12-5-17)37(32,33)29(20-9-7-19(26)8-10-20)16-24(30)28-27-15-18-6-13-22(23(14-18)34-2)36-25(31)35-3/h4-15H,16H2,1-3H3,(H,28,30)/b27-15-. The molecule has 0 heterocycles. The summed E-state index contributed by atoms with van der Waals surface area (Å²) < 4.78 is 43.2. The van der Waals surface area contributed by atoms with Crippen LogP contribution in [0.4, 0.5) is 10.5 Å². The Morgan fingerprint density at radius 2 is 1.68 bits per heavy atom. The van der Waals surface area contributed by atoms with Crippen LogP contribution in [0.1, 0.15) is 11.1 Å². The lowest BCUT2D eigenvalue weighted by molar-refractivity contribution is -0.119. The van der Waals surface area contributed by atoms with Crippen molar-refractivity contribution in [3.63, 3.8) is 0 Å². The number of carbonyl (C=O) groups excluding carboxylic acids is 2. The summed E-state index contributed by atoms with van der Waals surface area (Å²) in [5.74, 6) is -0.277. The van der Waals surface area contributed by atoms with E-state index in [1.807, 2.05) is 6.92 Å². The summed E-state index contributed by atoms with van der Waals surface area (Å²) in [5, 5.41) is 3.91. The first-order valence-corrected chi connectivity index (χ1v) is 13.0. The molecule has 0 atom stereocenters. The highest BCUT2D eigenvalue weighted by Crippen LogP contribution is 2.28. The van der Waals surface area contributed by atoms with E-state index in [4.69, 9.17) is 9.47 Å². The molecule has 10 nitrogen and oxygen atoms in total. The van der Waals surface area contributed by atoms with E-state index in [1.54, 1.807) is 42.5 Å². The second-order valence-electron chi connectivity index (χ2n) is 7.56. The first-order chi connectivity index (χ1) is 17.6. The molecule has 0 unspecified atom stereocenters. The van der Waals surface area contributed by atoms with Gasteiger partial charge in [0.05, 0.1) is 31.0 Å². The number of carbonyl (C=O) groups is 2. The smallest absolute Gasteiger partial charge is 0.493 e. The van der Waals surface area contributed by atoms with Crippen LogP contribution in [-0.4, -0.2) is 47.5 Å². The fourth-order valence-corrected chi connectivity index (χ4v) is 4.77. The molecule has 12 heteroatoms. The van der Waals surface area contributed by atoms with Crippen LogP contribution in [0, 0.1) is 6.92 Å². The van der Waals surface area contributed by atoms with Gasteiger partial charge in [-0.25, -0.2) is 18.6 Å². The van der Waals surface area contributed by atoms with E-state index in [0.29, 0.717) is 11.3 Å². The number of benzene rings is 3. The summed E-state index contributed by atoms with van der Waals surface area (Å²) in [6.45, 7) is 1.34. The Morgan fingerprint density at radius 3 is 2.30 bits per heavy atom. The van der Waals surface area contributed by atoms with E-state index in [9.17, 15) is 18.0 Å². The van der Waals surface area contributed by atoms with E-state index in [0.717, 1.165) is 14.3 Å². The van der Waals surface area contributed by atoms with Crippen molar-refractivity contribution < 1.29 is 32.2 Å². The number of nitrogens with one attached hydrogen (secondary N) is 1. The molecule has 37 heavy (non-hydrogen) atoms. The van der Waals surface area contributed by atoms with Crippen molar-refractivity contribution in [1.82, 2.24) is 5.43 Å². The van der Waals surface area contributed by atoms with Gasteiger partial charge in [0.25, 0.3) is 15.9 Å². The van der Waals surface area contributed by atoms with Crippen LogP contribution in [0.3, 0.4) is 0 Å². The van der Waals surface area contributed by atoms with Gasteiger partial charge in [-0.15, -0.1) is 0 Å². The molecule has 0 spiro atoms. The van der Waals surface area contributed by atoms with Crippen molar-refractivity contribution in [3.8, 4) is 11.5 Å². The molecule has 0 bridgehead atoms. The van der Waals surface area contributed by atoms with Crippen molar-refractivity contribution >= 4 is 49.9 Å². The molecule has 1 amide bonds. The summed E-state index contributed by atoms with van der Waals surface area (Å²) in [5.41, 5.74) is 4.08. The SMILES string of the molecule is COC(=O)Oc1ccc(/C=N\NC(=O)CN(c2ccc(Br)cc2)S(=O)(=O)c2ccc(C)cc2)cc1OC. The Labute approximate surface area is 223 Å². The zero-order chi connectivity index (χ0) is 27.0. The summed E-state index contributed by atoms with van der Waals surface area (Å²) in [4.78, 5) is 24.1. The Bertz CT molecular complexity index is 1390. The third-order valence-electron chi connectivity index (χ3n) is 4.96. The molecule has 0 fully saturated rings. The highest BCUT2D eigenvalue weighted by Gasteiger charge is 2.27. The second kappa shape index (κ2) is 12.4. The Kier molecular flexibility index (Phi) is 9.25. The molecule has 0 aliphatic rings. The molecular formula is C25H24BrN3O7S. The number of amides is 1. The van der Waals surface area contributed by atoms with E-state index in [1.165, 1.54) is 44.7 Å². The van der Waals surface area contributed by atoms with Crippen LogP contribution in [0.5, 0.6) is 11.5 Å². The van der Waals surface area contributed by atoms with E-state index in [2.05, 4.69) is 31.2 Å². The average Bonchev–Trinajstić information content (AvgIpc) is 2.88. The maximum Gasteiger partial charge on any atom is 0.513 e. The van der Waals surface area contributed by atoms with Gasteiger partial charge >= 0.3 is 6.16 Å². The lowest BCUT2D eigenvalue weighted by Crippen LogP contribution is -2.39. The molecule has 194 valence electrons. The van der Waals surface area contributed by atoms with E-state index in [-0.39, 0.29) is 16.4 Å². The fourth-order valence-electron chi connectivity index (χ4n) is 3.08. The van der Waals surface area contributed by atoms with E-state index < -0.39 is 28.6 Å². The van der Waals surface area contributed by atoms with Crippen molar-refractivity contribution in [2.75, 3.05) is 25.1 Å². The second-order valence-corrected chi connectivity index (χ2v) is 10.3.